The monoisotopic (exact) mass is 241 g/mol. The minimum Gasteiger partial charge on any atom is -0.398 e. The minimum atomic E-state index is -0.219. The highest BCUT2D eigenvalue weighted by Crippen LogP contribution is 2.16. The van der Waals surface area contributed by atoms with Crippen molar-refractivity contribution >= 4 is 17.3 Å². The number of pyridine rings is 1. The maximum atomic E-state index is 12.1. The second-order valence-electron chi connectivity index (χ2n) is 4.30. The van der Waals surface area contributed by atoms with Gasteiger partial charge in [0.25, 0.3) is 5.91 Å². The molecule has 0 bridgehead atoms. The molecule has 0 aliphatic heterocycles. The first kappa shape index (κ1) is 12.1. The molecular formula is C14H15N3O. The normalized spacial score (nSPS) is 10.1. The Morgan fingerprint density at radius 2 is 1.94 bits per heavy atom. The van der Waals surface area contributed by atoms with Crippen LogP contribution in [0.25, 0.3) is 0 Å². The summed E-state index contributed by atoms with van der Waals surface area (Å²) in [6.07, 6.45) is 3.34. The number of hydrogen-bond donors (Lipinski definition) is 2. The molecule has 4 heteroatoms. The van der Waals surface area contributed by atoms with Gasteiger partial charge in [-0.15, -0.1) is 0 Å². The summed E-state index contributed by atoms with van der Waals surface area (Å²) in [6.45, 7) is 3.84. The van der Waals surface area contributed by atoms with Crippen molar-refractivity contribution in [3.8, 4) is 0 Å². The van der Waals surface area contributed by atoms with Gasteiger partial charge in [-0.05, 0) is 37.6 Å². The van der Waals surface area contributed by atoms with E-state index in [0.29, 0.717) is 16.9 Å². The van der Waals surface area contributed by atoms with E-state index in [-0.39, 0.29) is 5.91 Å². The highest BCUT2D eigenvalue weighted by Gasteiger charge is 2.10. The Bertz CT molecular complexity index is 593. The van der Waals surface area contributed by atoms with Crippen molar-refractivity contribution in [3.63, 3.8) is 0 Å². The van der Waals surface area contributed by atoms with E-state index in [2.05, 4.69) is 10.3 Å². The third-order valence-electron chi connectivity index (χ3n) is 2.59. The van der Waals surface area contributed by atoms with E-state index in [9.17, 15) is 4.79 Å². The average Bonchev–Trinajstić information content (AvgIpc) is 2.32. The van der Waals surface area contributed by atoms with Gasteiger partial charge in [-0.3, -0.25) is 9.78 Å². The number of rotatable bonds is 2. The molecule has 1 heterocycles. The first-order valence-corrected chi connectivity index (χ1v) is 5.65. The molecule has 0 unspecified atom stereocenters. The number of carbonyl (C=O) groups excluding carboxylic acids is 1. The maximum absolute atomic E-state index is 12.1. The molecular weight excluding hydrogens is 226 g/mol. The van der Waals surface area contributed by atoms with Crippen LogP contribution in [0.2, 0.25) is 0 Å². The number of carbonyl (C=O) groups is 1. The number of nitrogens with one attached hydrogen (secondary N) is 1. The molecule has 0 radical (unpaired) electrons. The number of nitrogens with two attached hydrogens (primary N) is 1. The lowest BCUT2D eigenvalue weighted by molar-refractivity contribution is 0.102. The van der Waals surface area contributed by atoms with E-state index < -0.39 is 0 Å². The molecule has 92 valence electrons. The lowest BCUT2D eigenvalue weighted by Gasteiger charge is -2.08. The lowest BCUT2D eigenvalue weighted by atomic mass is 10.1. The third-order valence-corrected chi connectivity index (χ3v) is 2.59. The van der Waals surface area contributed by atoms with E-state index in [1.807, 2.05) is 26.0 Å². The summed E-state index contributed by atoms with van der Waals surface area (Å²) in [4.78, 5) is 16.1. The Kier molecular flexibility index (Phi) is 3.28. The smallest absolute Gasteiger partial charge is 0.257 e. The quantitative estimate of drug-likeness (QED) is 0.794. The molecule has 2 rings (SSSR count). The Labute approximate surface area is 106 Å². The number of aryl methyl sites for hydroxylation is 2. The van der Waals surface area contributed by atoms with Crippen LogP contribution in [0.4, 0.5) is 11.4 Å². The number of amides is 1. The molecule has 0 spiro atoms. The highest BCUT2D eigenvalue weighted by molar-refractivity contribution is 6.07. The van der Waals surface area contributed by atoms with Crippen LogP contribution < -0.4 is 11.1 Å². The van der Waals surface area contributed by atoms with Gasteiger partial charge in [-0.1, -0.05) is 11.6 Å². The van der Waals surface area contributed by atoms with Crippen molar-refractivity contribution in [2.45, 2.75) is 13.8 Å². The van der Waals surface area contributed by atoms with Crippen molar-refractivity contribution in [1.82, 2.24) is 4.98 Å². The van der Waals surface area contributed by atoms with E-state index in [1.165, 1.54) is 0 Å². The van der Waals surface area contributed by atoms with E-state index in [1.54, 1.807) is 24.5 Å². The summed E-state index contributed by atoms with van der Waals surface area (Å²) >= 11 is 0. The number of anilines is 2. The Morgan fingerprint density at radius 1 is 1.17 bits per heavy atom. The first-order chi connectivity index (χ1) is 8.56. The lowest BCUT2D eigenvalue weighted by Crippen LogP contribution is -2.14. The summed E-state index contributed by atoms with van der Waals surface area (Å²) in [5.74, 6) is -0.219. The average molecular weight is 241 g/mol. The van der Waals surface area contributed by atoms with Gasteiger partial charge in [-0.25, -0.2) is 0 Å². The fraction of sp³-hybridized carbons (Fsp3) is 0.143. The molecule has 1 amide bonds. The molecule has 0 atom stereocenters. The first-order valence-electron chi connectivity index (χ1n) is 5.65. The van der Waals surface area contributed by atoms with Gasteiger partial charge in [0.2, 0.25) is 0 Å². The molecule has 0 saturated carbocycles. The van der Waals surface area contributed by atoms with Crippen molar-refractivity contribution in [2.24, 2.45) is 0 Å². The van der Waals surface area contributed by atoms with Crippen LogP contribution in [0.15, 0.2) is 36.7 Å². The molecule has 4 nitrogen and oxygen atoms in total. The number of nitrogens with zero attached hydrogens (tertiary/aromatic N) is 1. The summed E-state index contributed by atoms with van der Waals surface area (Å²) in [6, 6.07) is 7.24. The second kappa shape index (κ2) is 4.87. The van der Waals surface area contributed by atoms with Gasteiger partial charge < -0.3 is 11.1 Å². The zero-order valence-electron chi connectivity index (χ0n) is 10.4. The van der Waals surface area contributed by atoms with Gasteiger partial charge in [0.05, 0.1) is 17.4 Å². The van der Waals surface area contributed by atoms with Crippen LogP contribution in [0.1, 0.15) is 21.5 Å². The second-order valence-corrected chi connectivity index (χ2v) is 4.30. The standard InChI is InChI=1S/C14H15N3O/c1-9-3-4-13(15)12(6-9)14(18)17-11-5-10(2)7-16-8-11/h3-8H,15H2,1-2H3,(H,17,18). The molecule has 0 aliphatic rings. The fourth-order valence-electron chi connectivity index (χ4n) is 1.69. The van der Waals surface area contributed by atoms with Crippen LogP contribution in [-0.4, -0.2) is 10.9 Å². The molecule has 0 saturated heterocycles. The Hall–Kier alpha value is -2.36. The SMILES string of the molecule is Cc1cncc(NC(=O)c2cc(C)ccc2N)c1. The molecule has 1 aromatic heterocycles. The number of nitrogen functional groups attached to an aromatic ring is 1. The number of aromatic nitrogens is 1. The van der Waals surface area contributed by atoms with E-state index >= 15 is 0 Å². The Balaban J connectivity index is 2.24. The highest BCUT2D eigenvalue weighted by atomic mass is 16.1. The van der Waals surface area contributed by atoms with Crippen molar-refractivity contribution < 1.29 is 4.79 Å². The summed E-state index contributed by atoms with van der Waals surface area (Å²) in [5, 5.41) is 2.79. The largest absolute Gasteiger partial charge is 0.398 e. The summed E-state index contributed by atoms with van der Waals surface area (Å²) in [7, 11) is 0. The van der Waals surface area contributed by atoms with Crippen LogP contribution in [0.5, 0.6) is 0 Å². The summed E-state index contributed by atoms with van der Waals surface area (Å²) < 4.78 is 0. The molecule has 18 heavy (non-hydrogen) atoms. The third kappa shape index (κ3) is 2.66. The zero-order valence-corrected chi connectivity index (χ0v) is 10.4. The summed E-state index contributed by atoms with van der Waals surface area (Å²) in [5.41, 5.74) is 9.41. The predicted molar refractivity (Wildman–Crippen MR) is 72.5 cm³/mol. The van der Waals surface area contributed by atoms with E-state index in [4.69, 9.17) is 5.73 Å². The van der Waals surface area contributed by atoms with Crippen molar-refractivity contribution in [2.75, 3.05) is 11.1 Å². The van der Waals surface area contributed by atoms with Crippen LogP contribution >= 0.6 is 0 Å². The number of benzene rings is 1. The van der Waals surface area contributed by atoms with Gasteiger partial charge in [0, 0.05) is 11.9 Å². The molecule has 0 fully saturated rings. The molecule has 1 aromatic carbocycles. The molecule has 2 aromatic rings. The van der Waals surface area contributed by atoms with Gasteiger partial charge in [0.15, 0.2) is 0 Å². The van der Waals surface area contributed by atoms with Crippen LogP contribution in [0, 0.1) is 13.8 Å². The fourth-order valence-corrected chi connectivity index (χ4v) is 1.69. The van der Waals surface area contributed by atoms with Gasteiger partial charge in [-0.2, -0.15) is 0 Å². The Morgan fingerprint density at radius 3 is 2.67 bits per heavy atom. The zero-order chi connectivity index (χ0) is 13.1. The van der Waals surface area contributed by atoms with Gasteiger partial charge >= 0.3 is 0 Å². The topological polar surface area (TPSA) is 68.0 Å². The maximum Gasteiger partial charge on any atom is 0.257 e. The van der Waals surface area contributed by atoms with E-state index in [0.717, 1.165) is 11.1 Å². The number of hydrogen-bond acceptors (Lipinski definition) is 3. The van der Waals surface area contributed by atoms with Gasteiger partial charge in [0.1, 0.15) is 0 Å². The van der Waals surface area contributed by atoms with Crippen LogP contribution in [-0.2, 0) is 0 Å². The van der Waals surface area contributed by atoms with Crippen LogP contribution in [0.3, 0.4) is 0 Å². The van der Waals surface area contributed by atoms with Crippen molar-refractivity contribution in [3.05, 3.63) is 53.3 Å². The van der Waals surface area contributed by atoms with Crippen molar-refractivity contribution in [1.29, 1.82) is 0 Å². The molecule has 3 N–H and O–H groups in total. The predicted octanol–water partition coefficient (Wildman–Crippen LogP) is 2.53. The minimum absolute atomic E-state index is 0.219. The molecule has 0 aliphatic carbocycles.